The van der Waals surface area contributed by atoms with Crippen LogP contribution in [0.25, 0.3) is 0 Å². The van der Waals surface area contributed by atoms with Gasteiger partial charge in [0.25, 0.3) is 5.95 Å². The number of guanidine groups is 1. The first-order valence-electron chi connectivity index (χ1n) is 8.06. The number of aliphatic imine (C=N–C) groups is 1. The van der Waals surface area contributed by atoms with Crippen LogP contribution in [0.1, 0.15) is 12.6 Å². The second-order valence-electron chi connectivity index (χ2n) is 6.25. The zero-order valence-corrected chi connectivity index (χ0v) is 16.7. The summed E-state index contributed by atoms with van der Waals surface area (Å²) in [5, 5.41) is 7.18. The molecular formula is C17H23Cl2N7. The number of hydrogen-bond acceptors (Lipinski definition) is 5. The Kier molecular flexibility index (Phi) is 7.02. The van der Waals surface area contributed by atoms with Gasteiger partial charge in [0.2, 0.25) is 5.96 Å². The van der Waals surface area contributed by atoms with Crippen molar-refractivity contribution in [3.63, 3.8) is 0 Å². The molecule has 7 nitrogen and oxygen atoms in total. The van der Waals surface area contributed by atoms with Gasteiger partial charge < -0.3 is 21.3 Å². The molecule has 4 N–H and O–H groups in total. The number of nitrogens with two attached hydrogens (primary N) is 1. The monoisotopic (exact) mass is 395 g/mol. The minimum Gasteiger partial charge on any atom is -0.369 e. The summed E-state index contributed by atoms with van der Waals surface area (Å²) >= 11 is 11.9. The average Bonchev–Trinajstić information content (AvgIpc) is 2.49. The lowest BCUT2D eigenvalue weighted by Gasteiger charge is -2.19. The van der Waals surface area contributed by atoms with E-state index in [0.29, 0.717) is 21.6 Å². The minimum absolute atomic E-state index is 0.154. The number of benzene rings is 1. The molecule has 0 aliphatic carbocycles. The first-order valence-corrected chi connectivity index (χ1v) is 8.81. The molecule has 9 heteroatoms. The maximum Gasteiger partial charge on any atom is 0.254 e. The summed E-state index contributed by atoms with van der Waals surface area (Å²) in [7, 11) is 4.04. The van der Waals surface area contributed by atoms with Gasteiger partial charge in [-0.1, -0.05) is 23.2 Å². The third-order valence-electron chi connectivity index (χ3n) is 3.29. The molecule has 1 heterocycles. The molecule has 2 rings (SSSR count). The Morgan fingerprint density at radius 3 is 2.62 bits per heavy atom. The average molecular weight is 396 g/mol. The van der Waals surface area contributed by atoms with Gasteiger partial charge in [0.05, 0.1) is 10.0 Å². The molecule has 1 atom stereocenters. The van der Waals surface area contributed by atoms with Crippen molar-refractivity contribution in [1.29, 1.82) is 0 Å². The van der Waals surface area contributed by atoms with Crippen LogP contribution in [0, 0.1) is 6.92 Å². The lowest BCUT2D eigenvalue weighted by molar-refractivity contribution is 0.392. The minimum atomic E-state index is 0.154. The van der Waals surface area contributed by atoms with Crippen LogP contribution in [-0.2, 0) is 0 Å². The number of halogens is 2. The lowest BCUT2D eigenvalue weighted by atomic mass is 10.3. The first-order chi connectivity index (χ1) is 12.2. The van der Waals surface area contributed by atoms with Crippen LogP contribution in [0.3, 0.4) is 0 Å². The highest BCUT2D eigenvalue weighted by molar-refractivity contribution is 6.42. The van der Waals surface area contributed by atoms with Gasteiger partial charge in [0.1, 0.15) is 5.82 Å². The van der Waals surface area contributed by atoms with Crippen LogP contribution in [0.4, 0.5) is 17.5 Å². The van der Waals surface area contributed by atoms with Crippen LogP contribution in [0.15, 0.2) is 29.3 Å². The molecule has 0 amide bonds. The molecule has 140 valence electrons. The molecular weight excluding hydrogens is 373 g/mol. The number of nitrogens with one attached hydrogen (secondary N) is 2. The third-order valence-corrected chi connectivity index (χ3v) is 4.03. The number of aromatic nitrogens is 2. The van der Waals surface area contributed by atoms with E-state index in [1.165, 1.54) is 0 Å². The van der Waals surface area contributed by atoms with Crippen LogP contribution in [-0.4, -0.2) is 47.5 Å². The summed E-state index contributed by atoms with van der Waals surface area (Å²) in [5.41, 5.74) is 7.41. The molecule has 0 radical (unpaired) electrons. The van der Waals surface area contributed by atoms with Crippen molar-refractivity contribution >= 4 is 46.6 Å². The second kappa shape index (κ2) is 9.02. The van der Waals surface area contributed by atoms with E-state index in [1.807, 2.05) is 27.1 Å². The van der Waals surface area contributed by atoms with Gasteiger partial charge in [-0.25, -0.2) is 4.98 Å². The van der Waals surface area contributed by atoms with Crippen LogP contribution in [0.5, 0.6) is 0 Å². The number of anilines is 2. The van der Waals surface area contributed by atoms with Crippen LogP contribution in [0.2, 0.25) is 10.0 Å². The molecule has 0 spiro atoms. The largest absolute Gasteiger partial charge is 0.369 e. The predicted molar refractivity (Wildman–Crippen MR) is 110 cm³/mol. The van der Waals surface area contributed by atoms with Crippen molar-refractivity contribution in [2.45, 2.75) is 19.9 Å². The van der Waals surface area contributed by atoms with Crippen LogP contribution >= 0.6 is 23.2 Å². The maximum absolute atomic E-state index is 5.99. The van der Waals surface area contributed by atoms with Crippen molar-refractivity contribution < 1.29 is 0 Å². The molecule has 0 saturated carbocycles. The molecule has 0 fully saturated rings. The lowest BCUT2D eigenvalue weighted by Crippen LogP contribution is -2.30. The van der Waals surface area contributed by atoms with Gasteiger partial charge in [-0.05, 0) is 46.1 Å². The Morgan fingerprint density at radius 2 is 1.96 bits per heavy atom. The van der Waals surface area contributed by atoms with Gasteiger partial charge in [0.15, 0.2) is 0 Å². The molecule has 0 bridgehead atoms. The van der Waals surface area contributed by atoms with E-state index in [1.54, 1.807) is 18.2 Å². The quantitative estimate of drug-likeness (QED) is 0.511. The van der Waals surface area contributed by atoms with E-state index in [4.69, 9.17) is 28.9 Å². The summed E-state index contributed by atoms with van der Waals surface area (Å²) < 4.78 is 0. The van der Waals surface area contributed by atoms with Crippen molar-refractivity contribution in [3.8, 4) is 0 Å². The number of nitrogens with zero attached hydrogens (tertiary/aromatic N) is 4. The van der Waals surface area contributed by atoms with E-state index in [9.17, 15) is 0 Å². The number of hydrogen-bond donors (Lipinski definition) is 3. The number of likely N-dealkylation sites (N-methyl/N-ethyl adjacent to an activating group) is 1. The smallest absolute Gasteiger partial charge is 0.254 e. The molecule has 1 aromatic carbocycles. The summed E-state index contributed by atoms with van der Waals surface area (Å²) in [4.78, 5) is 15.0. The molecule has 2 aromatic rings. The standard InChI is InChI=1S/C17H23Cl2N7/c1-10-7-15(21-11(2)9-26(3)4)24-17(22-10)25-16(20)23-12-5-6-13(18)14(19)8-12/h5-8,11H,9H2,1-4H3,(H4,20,21,22,23,24,25). The van der Waals surface area contributed by atoms with E-state index < -0.39 is 0 Å². The van der Waals surface area contributed by atoms with Gasteiger partial charge in [-0.2, -0.15) is 9.98 Å². The van der Waals surface area contributed by atoms with E-state index in [2.05, 4.69) is 37.4 Å². The molecule has 1 unspecified atom stereocenters. The Labute approximate surface area is 163 Å². The van der Waals surface area contributed by atoms with Gasteiger partial charge in [-0.15, -0.1) is 0 Å². The second-order valence-corrected chi connectivity index (χ2v) is 7.07. The molecule has 1 aromatic heterocycles. The van der Waals surface area contributed by atoms with E-state index >= 15 is 0 Å². The highest BCUT2D eigenvalue weighted by Crippen LogP contribution is 2.25. The van der Waals surface area contributed by atoms with Crippen molar-refractivity contribution in [1.82, 2.24) is 14.9 Å². The fraction of sp³-hybridized carbons (Fsp3) is 0.353. The molecule has 0 saturated heterocycles. The molecule has 0 aliphatic rings. The Balaban J connectivity index is 2.14. The van der Waals surface area contributed by atoms with Crippen molar-refractivity contribution in [2.75, 3.05) is 31.3 Å². The Hall–Kier alpha value is -2.09. The van der Waals surface area contributed by atoms with Gasteiger partial charge in [0, 0.05) is 30.0 Å². The SMILES string of the molecule is Cc1cc(NC(C)CN(C)C)nc(/N=C(\N)Nc2ccc(Cl)c(Cl)c2)n1. The first kappa shape index (κ1) is 20.2. The highest BCUT2D eigenvalue weighted by Gasteiger charge is 2.08. The zero-order valence-electron chi connectivity index (χ0n) is 15.2. The summed E-state index contributed by atoms with van der Waals surface area (Å²) in [6, 6.07) is 7.19. The van der Waals surface area contributed by atoms with Gasteiger partial charge >= 0.3 is 0 Å². The maximum atomic E-state index is 5.99. The topological polar surface area (TPSA) is 91.5 Å². The van der Waals surface area contributed by atoms with E-state index in [0.717, 1.165) is 12.2 Å². The fourth-order valence-corrected chi connectivity index (χ4v) is 2.68. The summed E-state index contributed by atoms with van der Waals surface area (Å²) in [6.45, 7) is 4.84. The Bertz CT molecular complexity index is 793. The van der Waals surface area contributed by atoms with Gasteiger partial charge in [-0.3, -0.25) is 0 Å². The zero-order chi connectivity index (χ0) is 19.3. The summed E-state index contributed by atoms with van der Waals surface area (Å²) in [5.74, 6) is 1.13. The normalized spacial score (nSPS) is 13.0. The molecule has 26 heavy (non-hydrogen) atoms. The third kappa shape index (κ3) is 6.33. The number of aryl methyl sites for hydroxylation is 1. The van der Waals surface area contributed by atoms with Crippen LogP contribution < -0.4 is 16.4 Å². The van der Waals surface area contributed by atoms with E-state index in [-0.39, 0.29) is 17.9 Å². The highest BCUT2D eigenvalue weighted by atomic mass is 35.5. The Morgan fingerprint density at radius 1 is 1.23 bits per heavy atom. The predicted octanol–water partition coefficient (Wildman–Crippen LogP) is 3.51. The number of rotatable bonds is 6. The summed E-state index contributed by atoms with van der Waals surface area (Å²) in [6.07, 6.45) is 0. The van der Waals surface area contributed by atoms with Crippen molar-refractivity contribution in [3.05, 3.63) is 40.0 Å². The van der Waals surface area contributed by atoms with Crippen molar-refractivity contribution in [2.24, 2.45) is 10.7 Å². The fourth-order valence-electron chi connectivity index (χ4n) is 2.38. The molecule has 0 aliphatic heterocycles.